The maximum absolute atomic E-state index is 13.7. The van der Waals surface area contributed by atoms with Crippen LogP contribution in [0.3, 0.4) is 0 Å². The van der Waals surface area contributed by atoms with Crippen molar-refractivity contribution in [3.05, 3.63) is 95.2 Å². The molecule has 0 radical (unpaired) electrons. The third kappa shape index (κ3) is 4.19. The highest BCUT2D eigenvalue weighted by Gasteiger charge is 2.36. The molecular weight excluding hydrogens is 412 g/mol. The molecule has 5 heteroatoms. The van der Waals surface area contributed by atoms with E-state index in [4.69, 9.17) is 9.47 Å². The average molecular weight is 441 g/mol. The Balaban J connectivity index is 1.58. The summed E-state index contributed by atoms with van der Waals surface area (Å²) in [7, 11) is 1.67. The number of methoxy groups -OCH3 is 1. The van der Waals surface area contributed by atoms with Crippen molar-refractivity contribution < 1.29 is 14.3 Å². The smallest absolute Gasteiger partial charge is 0.163 e. The van der Waals surface area contributed by atoms with Crippen LogP contribution in [-0.4, -0.2) is 19.5 Å². The Labute approximate surface area is 194 Å². The molecular formula is C28H28N2O3. The quantitative estimate of drug-likeness (QED) is 0.504. The van der Waals surface area contributed by atoms with Crippen LogP contribution in [-0.2, 0) is 4.79 Å². The molecule has 168 valence electrons. The first kappa shape index (κ1) is 21.1. The van der Waals surface area contributed by atoms with Crippen molar-refractivity contribution in [3.63, 3.8) is 0 Å². The Hall–Kier alpha value is -3.73. The summed E-state index contributed by atoms with van der Waals surface area (Å²) in [4.78, 5) is 13.7. The Morgan fingerprint density at radius 3 is 2.39 bits per heavy atom. The normalized spacial score (nSPS) is 19.5. The molecule has 5 nitrogen and oxygen atoms in total. The zero-order valence-electron chi connectivity index (χ0n) is 18.9. The Morgan fingerprint density at radius 2 is 1.61 bits per heavy atom. The molecule has 3 aromatic carbocycles. The van der Waals surface area contributed by atoms with Crippen molar-refractivity contribution in [2.24, 2.45) is 0 Å². The van der Waals surface area contributed by atoms with Crippen molar-refractivity contribution in [2.75, 3.05) is 24.4 Å². The summed E-state index contributed by atoms with van der Waals surface area (Å²) in [5, 5.41) is 7.22. The Bertz CT molecular complexity index is 1220. The predicted octanol–water partition coefficient (Wildman–Crippen LogP) is 6.07. The first-order valence-electron chi connectivity index (χ1n) is 11.4. The number of ether oxygens (including phenoxy) is 2. The minimum atomic E-state index is -0.254. The number of rotatable bonds is 5. The molecule has 0 saturated carbocycles. The lowest BCUT2D eigenvalue weighted by Gasteiger charge is -2.30. The molecule has 2 atom stereocenters. The maximum atomic E-state index is 13.7. The van der Waals surface area contributed by atoms with Crippen LogP contribution in [0.1, 0.15) is 42.9 Å². The van der Waals surface area contributed by atoms with Gasteiger partial charge in [0.1, 0.15) is 11.5 Å². The molecule has 1 aliphatic heterocycles. The molecule has 0 fully saturated rings. The van der Waals surface area contributed by atoms with Gasteiger partial charge in [-0.2, -0.15) is 0 Å². The highest BCUT2D eigenvalue weighted by molar-refractivity contribution is 6.01. The molecule has 0 aromatic heterocycles. The maximum Gasteiger partial charge on any atom is 0.163 e. The number of nitrogens with one attached hydrogen (secondary N) is 2. The minimum Gasteiger partial charge on any atom is -0.497 e. The van der Waals surface area contributed by atoms with Gasteiger partial charge in [0.05, 0.1) is 31.1 Å². The second-order valence-corrected chi connectivity index (χ2v) is 8.45. The monoisotopic (exact) mass is 440 g/mol. The zero-order valence-corrected chi connectivity index (χ0v) is 18.9. The summed E-state index contributed by atoms with van der Waals surface area (Å²) in [6.45, 7) is 2.57. The van der Waals surface area contributed by atoms with Gasteiger partial charge in [0.25, 0.3) is 0 Å². The van der Waals surface area contributed by atoms with Gasteiger partial charge in [-0.1, -0.05) is 36.4 Å². The van der Waals surface area contributed by atoms with E-state index >= 15 is 0 Å². The van der Waals surface area contributed by atoms with Gasteiger partial charge < -0.3 is 20.1 Å². The fourth-order valence-electron chi connectivity index (χ4n) is 4.82. The first-order chi connectivity index (χ1) is 16.2. The van der Waals surface area contributed by atoms with E-state index in [1.54, 1.807) is 7.11 Å². The molecule has 33 heavy (non-hydrogen) atoms. The molecule has 3 aromatic rings. The number of fused-ring (bicyclic) bond motifs is 1. The summed E-state index contributed by atoms with van der Waals surface area (Å²) < 4.78 is 11.2. The van der Waals surface area contributed by atoms with Gasteiger partial charge in [0.2, 0.25) is 0 Å². The predicted molar refractivity (Wildman–Crippen MR) is 131 cm³/mol. The van der Waals surface area contributed by atoms with Crippen molar-refractivity contribution >= 4 is 17.2 Å². The third-order valence-electron chi connectivity index (χ3n) is 6.38. The van der Waals surface area contributed by atoms with Gasteiger partial charge in [-0.05, 0) is 66.8 Å². The summed E-state index contributed by atoms with van der Waals surface area (Å²) in [5.74, 6) is 1.87. The van der Waals surface area contributed by atoms with Crippen molar-refractivity contribution in [1.29, 1.82) is 0 Å². The highest BCUT2D eigenvalue weighted by atomic mass is 16.5. The Kier molecular flexibility index (Phi) is 5.78. The summed E-state index contributed by atoms with van der Waals surface area (Å²) >= 11 is 0. The lowest BCUT2D eigenvalue weighted by molar-refractivity contribution is -0.116. The molecule has 0 saturated heterocycles. The van der Waals surface area contributed by atoms with E-state index in [1.165, 1.54) is 0 Å². The van der Waals surface area contributed by atoms with Gasteiger partial charge in [-0.3, -0.25) is 4.79 Å². The van der Waals surface area contributed by atoms with E-state index in [-0.39, 0.29) is 17.7 Å². The average Bonchev–Trinajstić information content (AvgIpc) is 3.01. The standard InChI is InChI=1S/C28H28N2O3/c1-3-33-22-11-7-9-19(15-22)28-27-25(29-23-12-4-5-13-24(23)30-28)16-20(17-26(27)31)18-8-6-10-21(14-18)32-2/h4-15,20,28-30H,3,16-17H2,1-2H3/t20-,28+/m0/s1. The number of hydrogen-bond donors (Lipinski definition) is 2. The molecule has 2 N–H and O–H groups in total. The van der Waals surface area contributed by atoms with Crippen LogP contribution in [0, 0.1) is 0 Å². The van der Waals surface area contributed by atoms with Crippen molar-refractivity contribution in [1.82, 2.24) is 0 Å². The molecule has 0 spiro atoms. The molecule has 1 heterocycles. The van der Waals surface area contributed by atoms with Gasteiger partial charge in [0, 0.05) is 17.7 Å². The van der Waals surface area contributed by atoms with Gasteiger partial charge >= 0.3 is 0 Å². The van der Waals surface area contributed by atoms with Crippen molar-refractivity contribution in [3.8, 4) is 11.5 Å². The van der Waals surface area contributed by atoms with E-state index in [0.717, 1.165) is 51.7 Å². The van der Waals surface area contributed by atoms with Crippen LogP contribution in [0.15, 0.2) is 84.1 Å². The topological polar surface area (TPSA) is 59.6 Å². The summed E-state index contributed by atoms with van der Waals surface area (Å²) in [6.07, 6.45) is 1.22. The van der Waals surface area contributed by atoms with Gasteiger partial charge in [-0.25, -0.2) is 0 Å². The molecule has 1 aliphatic carbocycles. The number of anilines is 2. The summed E-state index contributed by atoms with van der Waals surface area (Å²) in [6, 6.07) is 23.9. The molecule has 0 unspecified atom stereocenters. The number of allylic oxidation sites excluding steroid dienone is 1. The SMILES string of the molecule is CCOc1cccc([C@H]2Nc3ccccc3NC3=C2C(=O)C[C@@H](c2cccc(OC)c2)C3)c1. The second-order valence-electron chi connectivity index (χ2n) is 8.45. The van der Waals surface area contributed by atoms with Crippen LogP contribution >= 0.6 is 0 Å². The molecule has 0 amide bonds. The lowest BCUT2D eigenvalue weighted by Crippen LogP contribution is -2.26. The van der Waals surface area contributed by atoms with E-state index in [2.05, 4.69) is 22.8 Å². The zero-order chi connectivity index (χ0) is 22.8. The van der Waals surface area contributed by atoms with Gasteiger partial charge in [0.15, 0.2) is 5.78 Å². The largest absolute Gasteiger partial charge is 0.497 e. The minimum absolute atomic E-state index is 0.0968. The summed E-state index contributed by atoms with van der Waals surface area (Å²) in [5.41, 5.74) is 5.87. The Morgan fingerprint density at radius 1 is 0.879 bits per heavy atom. The van der Waals surface area contributed by atoms with E-state index < -0.39 is 0 Å². The lowest BCUT2D eigenvalue weighted by atomic mass is 9.78. The van der Waals surface area contributed by atoms with Crippen LogP contribution in [0.25, 0.3) is 0 Å². The second kappa shape index (κ2) is 9.02. The van der Waals surface area contributed by atoms with Crippen LogP contribution in [0.5, 0.6) is 11.5 Å². The van der Waals surface area contributed by atoms with E-state index in [0.29, 0.717) is 13.0 Å². The number of ketones is 1. The molecule has 0 bridgehead atoms. The fraction of sp³-hybridized carbons (Fsp3) is 0.250. The molecule has 5 rings (SSSR count). The first-order valence-corrected chi connectivity index (χ1v) is 11.4. The number of hydrogen-bond acceptors (Lipinski definition) is 5. The number of Topliss-reactive ketones (excluding diaryl/α,β-unsaturated/α-hetero) is 1. The number of carbonyl (C=O) groups excluding carboxylic acids is 1. The fourth-order valence-corrected chi connectivity index (χ4v) is 4.82. The highest BCUT2D eigenvalue weighted by Crippen LogP contribution is 2.44. The van der Waals surface area contributed by atoms with Crippen LogP contribution < -0.4 is 20.1 Å². The number of benzene rings is 3. The van der Waals surface area contributed by atoms with E-state index in [1.807, 2.05) is 67.6 Å². The van der Waals surface area contributed by atoms with Gasteiger partial charge in [-0.15, -0.1) is 0 Å². The van der Waals surface area contributed by atoms with Crippen LogP contribution in [0.2, 0.25) is 0 Å². The van der Waals surface area contributed by atoms with Crippen molar-refractivity contribution in [2.45, 2.75) is 31.7 Å². The number of carbonyl (C=O) groups is 1. The molecule has 2 aliphatic rings. The van der Waals surface area contributed by atoms with E-state index in [9.17, 15) is 4.79 Å². The number of para-hydroxylation sites is 2. The van der Waals surface area contributed by atoms with Crippen LogP contribution in [0.4, 0.5) is 11.4 Å². The third-order valence-corrected chi connectivity index (χ3v) is 6.38.